The molecule has 3 aliphatic rings. The van der Waals surface area contributed by atoms with Gasteiger partial charge < -0.3 is 25.7 Å². The molecule has 0 unspecified atom stereocenters. The van der Waals surface area contributed by atoms with Crippen molar-refractivity contribution in [1.82, 2.24) is 10.6 Å². The van der Waals surface area contributed by atoms with Crippen molar-refractivity contribution in [3.63, 3.8) is 0 Å². The number of aliphatic hydroxyl groups is 2. The van der Waals surface area contributed by atoms with E-state index < -0.39 is 24.2 Å². The van der Waals surface area contributed by atoms with E-state index in [9.17, 15) is 15.0 Å². The van der Waals surface area contributed by atoms with Crippen LogP contribution in [0.1, 0.15) is 32.1 Å². The van der Waals surface area contributed by atoms with Gasteiger partial charge in [0.1, 0.15) is 6.10 Å². The first kappa shape index (κ1) is 18.9. The Bertz CT molecular complexity index is 725. The summed E-state index contributed by atoms with van der Waals surface area (Å²) in [6, 6.07) is 6.58. The van der Waals surface area contributed by atoms with E-state index in [1.54, 1.807) is 12.1 Å². The molecule has 2 aliphatic carbocycles. The Hall–Kier alpha value is -1.41. The number of hydrogen-bond donors (Lipinski definition) is 4. The second-order valence-corrected chi connectivity index (χ2v) is 8.53. The standard InChI is InChI=1S/C19H24ClN3O3S/c20-10-5-7-12(8-6-10)23-16-13(18(26)21-11-3-1-2-4-11)9-14(24)17(25)15(16)22-19(23)27/h5-8,11,13-17,24-25H,1-4,9H2,(H,21,26)(H,22,27)/t13-,14-,15-,16+,17+/m1/s1. The van der Waals surface area contributed by atoms with Crippen molar-refractivity contribution in [2.75, 3.05) is 4.90 Å². The van der Waals surface area contributed by atoms with Crippen LogP contribution in [0.25, 0.3) is 0 Å². The number of aliphatic hydroxyl groups excluding tert-OH is 2. The number of nitrogens with one attached hydrogen (secondary N) is 2. The summed E-state index contributed by atoms with van der Waals surface area (Å²) in [5.41, 5.74) is 0.812. The van der Waals surface area contributed by atoms with Crippen LogP contribution in [-0.2, 0) is 4.79 Å². The number of hydrogen-bond acceptors (Lipinski definition) is 4. The van der Waals surface area contributed by atoms with Crippen molar-refractivity contribution in [3.8, 4) is 0 Å². The largest absolute Gasteiger partial charge is 0.390 e. The Morgan fingerprint density at radius 2 is 1.89 bits per heavy atom. The Kier molecular flexibility index (Phi) is 5.29. The van der Waals surface area contributed by atoms with Crippen molar-refractivity contribution in [3.05, 3.63) is 29.3 Å². The fourth-order valence-electron chi connectivity index (χ4n) is 4.62. The average molecular weight is 410 g/mol. The van der Waals surface area contributed by atoms with Gasteiger partial charge in [0.2, 0.25) is 5.91 Å². The number of anilines is 1. The zero-order valence-electron chi connectivity index (χ0n) is 14.8. The van der Waals surface area contributed by atoms with E-state index in [4.69, 9.17) is 23.8 Å². The van der Waals surface area contributed by atoms with Gasteiger partial charge in [0.15, 0.2) is 5.11 Å². The summed E-state index contributed by atoms with van der Waals surface area (Å²) >= 11 is 11.5. The Morgan fingerprint density at radius 1 is 1.22 bits per heavy atom. The molecule has 1 aliphatic heterocycles. The average Bonchev–Trinajstić information content (AvgIpc) is 3.26. The highest BCUT2D eigenvalue weighted by Crippen LogP contribution is 2.37. The second-order valence-electron chi connectivity index (χ2n) is 7.70. The van der Waals surface area contributed by atoms with Gasteiger partial charge in [-0.1, -0.05) is 24.4 Å². The van der Waals surface area contributed by atoms with Gasteiger partial charge in [0.25, 0.3) is 0 Å². The van der Waals surface area contributed by atoms with Crippen LogP contribution in [0.15, 0.2) is 24.3 Å². The molecule has 1 saturated heterocycles. The molecule has 0 bridgehead atoms. The maximum atomic E-state index is 13.1. The molecule has 4 rings (SSSR count). The van der Waals surface area contributed by atoms with Crippen molar-refractivity contribution >= 4 is 40.5 Å². The third-order valence-electron chi connectivity index (χ3n) is 5.99. The van der Waals surface area contributed by atoms with Crippen LogP contribution in [0, 0.1) is 5.92 Å². The predicted molar refractivity (Wildman–Crippen MR) is 108 cm³/mol. The third-order valence-corrected chi connectivity index (χ3v) is 6.55. The van der Waals surface area contributed by atoms with Crippen LogP contribution in [-0.4, -0.2) is 51.6 Å². The van der Waals surface area contributed by atoms with Gasteiger partial charge in [-0.3, -0.25) is 4.79 Å². The fraction of sp³-hybridized carbons (Fsp3) is 0.579. The molecule has 0 radical (unpaired) electrons. The lowest BCUT2D eigenvalue weighted by Crippen LogP contribution is -2.61. The van der Waals surface area contributed by atoms with Crippen LogP contribution in [0.2, 0.25) is 5.02 Å². The number of thiocarbonyl (C=S) groups is 1. The molecule has 3 fully saturated rings. The first-order valence-electron chi connectivity index (χ1n) is 9.47. The Balaban J connectivity index is 1.64. The molecule has 6 nitrogen and oxygen atoms in total. The lowest BCUT2D eigenvalue weighted by atomic mass is 9.77. The number of rotatable bonds is 3. The smallest absolute Gasteiger partial charge is 0.225 e. The quantitative estimate of drug-likeness (QED) is 0.567. The molecule has 8 heteroatoms. The van der Waals surface area contributed by atoms with Gasteiger partial charge in [-0.05, 0) is 55.7 Å². The predicted octanol–water partition coefficient (Wildman–Crippen LogP) is 1.57. The van der Waals surface area contributed by atoms with Crippen LogP contribution < -0.4 is 15.5 Å². The van der Waals surface area contributed by atoms with Crippen molar-refractivity contribution in [2.24, 2.45) is 5.92 Å². The molecule has 4 N–H and O–H groups in total. The van der Waals surface area contributed by atoms with E-state index in [-0.39, 0.29) is 24.4 Å². The lowest BCUT2D eigenvalue weighted by Gasteiger charge is -2.41. The molecular weight excluding hydrogens is 386 g/mol. The number of halogens is 1. The minimum Gasteiger partial charge on any atom is -0.390 e. The van der Waals surface area contributed by atoms with Crippen molar-refractivity contribution in [1.29, 1.82) is 0 Å². The number of nitrogens with zero attached hydrogens (tertiary/aromatic N) is 1. The zero-order chi connectivity index (χ0) is 19.1. The summed E-state index contributed by atoms with van der Waals surface area (Å²) in [6.45, 7) is 0. The molecule has 146 valence electrons. The molecule has 1 heterocycles. The maximum absolute atomic E-state index is 13.1. The zero-order valence-corrected chi connectivity index (χ0v) is 16.4. The van der Waals surface area contributed by atoms with Crippen LogP contribution in [0.3, 0.4) is 0 Å². The fourth-order valence-corrected chi connectivity index (χ4v) is 5.11. The van der Waals surface area contributed by atoms with E-state index in [2.05, 4.69) is 10.6 Å². The van der Waals surface area contributed by atoms with Gasteiger partial charge in [0.05, 0.1) is 24.1 Å². The highest BCUT2D eigenvalue weighted by molar-refractivity contribution is 7.80. The van der Waals surface area contributed by atoms with Gasteiger partial charge >= 0.3 is 0 Å². The molecule has 0 aromatic heterocycles. The number of benzene rings is 1. The molecule has 5 atom stereocenters. The second kappa shape index (κ2) is 7.54. The van der Waals surface area contributed by atoms with Gasteiger partial charge in [-0.2, -0.15) is 0 Å². The summed E-state index contributed by atoms with van der Waals surface area (Å²) in [5.74, 6) is -0.550. The highest BCUT2D eigenvalue weighted by Gasteiger charge is 2.54. The van der Waals surface area contributed by atoms with Crippen molar-refractivity contribution in [2.45, 2.75) is 62.4 Å². The highest BCUT2D eigenvalue weighted by atomic mass is 35.5. The van der Waals surface area contributed by atoms with E-state index in [1.807, 2.05) is 17.0 Å². The van der Waals surface area contributed by atoms with Crippen LogP contribution in [0.4, 0.5) is 5.69 Å². The van der Waals surface area contributed by atoms with E-state index in [0.717, 1.165) is 31.4 Å². The first-order valence-corrected chi connectivity index (χ1v) is 10.3. The molecule has 1 aromatic rings. The number of carbonyl (C=O) groups is 1. The third kappa shape index (κ3) is 3.53. The SMILES string of the molecule is O=C(NC1CCCC1)[C@@H]1C[C@@H](O)[C@H](O)[C@@H]2NC(=S)N(c3ccc(Cl)cc3)[C@H]21. The molecule has 2 saturated carbocycles. The van der Waals surface area contributed by atoms with E-state index >= 15 is 0 Å². The lowest BCUT2D eigenvalue weighted by molar-refractivity contribution is -0.131. The van der Waals surface area contributed by atoms with E-state index in [1.165, 1.54) is 0 Å². The summed E-state index contributed by atoms with van der Waals surface area (Å²) in [7, 11) is 0. The molecule has 0 spiro atoms. The summed E-state index contributed by atoms with van der Waals surface area (Å²) in [5, 5.41) is 28.2. The Labute approximate surface area is 168 Å². The van der Waals surface area contributed by atoms with Crippen LogP contribution >= 0.6 is 23.8 Å². The number of fused-ring (bicyclic) bond motifs is 1. The maximum Gasteiger partial charge on any atom is 0.225 e. The summed E-state index contributed by atoms with van der Waals surface area (Å²) < 4.78 is 0. The van der Waals surface area contributed by atoms with Gasteiger partial charge in [0, 0.05) is 16.8 Å². The minimum atomic E-state index is -0.985. The van der Waals surface area contributed by atoms with Gasteiger partial charge in [-0.15, -0.1) is 0 Å². The number of amides is 1. The first-order chi connectivity index (χ1) is 13.0. The molecule has 27 heavy (non-hydrogen) atoms. The van der Waals surface area contributed by atoms with Crippen LogP contribution in [0.5, 0.6) is 0 Å². The normalized spacial score (nSPS) is 33.7. The Morgan fingerprint density at radius 3 is 2.56 bits per heavy atom. The van der Waals surface area contributed by atoms with E-state index in [0.29, 0.717) is 10.1 Å². The summed E-state index contributed by atoms with van der Waals surface area (Å²) in [6.07, 6.45) is 2.50. The molecule has 1 aromatic carbocycles. The number of carbonyl (C=O) groups excluding carboxylic acids is 1. The molecule has 1 amide bonds. The monoisotopic (exact) mass is 409 g/mol. The van der Waals surface area contributed by atoms with Gasteiger partial charge in [-0.25, -0.2) is 0 Å². The topological polar surface area (TPSA) is 84.8 Å². The van der Waals surface area contributed by atoms with Crippen molar-refractivity contribution < 1.29 is 15.0 Å². The molecular formula is C19H24ClN3O3S. The minimum absolute atomic E-state index is 0.0756. The summed E-state index contributed by atoms with van der Waals surface area (Å²) in [4.78, 5) is 14.9.